The van der Waals surface area contributed by atoms with E-state index in [1.807, 2.05) is 17.5 Å². The number of piperidine rings is 1. The summed E-state index contributed by atoms with van der Waals surface area (Å²) in [4.78, 5) is 13.3. The highest BCUT2D eigenvalue weighted by molar-refractivity contribution is 7.89. The maximum absolute atomic E-state index is 13.0. The monoisotopic (exact) mass is 461 g/mol. The Hall–Kier alpha value is -2.56. The van der Waals surface area contributed by atoms with Crippen molar-refractivity contribution in [2.24, 2.45) is 11.8 Å². The first-order valence-corrected chi connectivity index (χ1v) is 12.3. The average Bonchev–Trinajstić information content (AvgIpc) is 3.43. The summed E-state index contributed by atoms with van der Waals surface area (Å²) in [6, 6.07) is 9.53. The number of nitrogens with zero attached hydrogens (tertiary/aromatic N) is 3. The number of aromatic nitrogens is 2. The van der Waals surface area contributed by atoms with E-state index >= 15 is 0 Å². The predicted octanol–water partition coefficient (Wildman–Crippen LogP) is 3.82. The molecular formula is C21H23N3O5S2. The number of carbonyl (C=O) groups excluding carboxylic acids is 1. The van der Waals surface area contributed by atoms with Crippen molar-refractivity contribution in [1.82, 2.24) is 14.5 Å². The first-order chi connectivity index (χ1) is 14.8. The lowest BCUT2D eigenvalue weighted by molar-refractivity contribution is 0.0438. The van der Waals surface area contributed by atoms with Gasteiger partial charge in [0.15, 0.2) is 6.61 Å². The zero-order valence-electron chi connectivity index (χ0n) is 17.2. The Labute approximate surface area is 184 Å². The molecule has 0 bridgehead atoms. The van der Waals surface area contributed by atoms with Crippen LogP contribution >= 0.6 is 11.3 Å². The molecular weight excluding hydrogens is 438 g/mol. The van der Waals surface area contributed by atoms with Crippen LogP contribution in [0.5, 0.6) is 0 Å². The summed E-state index contributed by atoms with van der Waals surface area (Å²) in [5.74, 6) is 0.594. The molecule has 164 valence electrons. The van der Waals surface area contributed by atoms with Crippen LogP contribution < -0.4 is 0 Å². The Bertz CT molecular complexity index is 1130. The summed E-state index contributed by atoms with van der Waals surface area (Å²) >= 11 is 1.47. The summed E-state index contributed by atoms with van der Waals surface area (Å²) < 4.78 is 38.1. The van der Waals surface area contributed by atoms with Gasteiger partial charge in [-0.25, -0.2) is 13.2 Å². The van der Waals surface area contributed by atoms with Crippen LogP contribution in [0.2, 0.25) is 0 Å². The van der Waals surface area contributed by atoms with E-state index in [0.29, 0.717) is 30.8 Å². The number of hydrogen-bond donors (Lipinski definition) is 0. The number of rotatable bonds is 6. The van der Waals surface area contributed by atoms with Crippen molar-refractivity contribution in [2.45, 2.75) is 31.8 Å². The van der Waals surface area contributed by atoms with E-state index in [2.05, 4.69) is 24.0 Å². The maximum Gasteiger partial charge on any atom is 0.338 e. The second-order valence-electron chi connectivity index (χ2n) is 7.85. The van der Waals surface area contributed by atoms with Gasteiger partial charge < -0.3 is 9.15 Å². The van der Waals surface area contributed by atoms with Crippen molar-refractivity contribution in [2.75, 3.05) is 13.1 Å². The van der Waals surface area contributed by atoms with Crippen LogP contribution in [-0.2, 0) is 21.4 Å². The van der Waals surface area contributed by atoms with Crippen LogP contribution in [0.25, 0.3) is 10.8 Å². The quantitative estimate of drug-likeness (QED) is 0.514. The summed E-state index contributed by atoms with van der Waals surface area (Å²) in [7, 11) is -3.60. The Balaban J connectivity index is 1.39. The van der Waals surface area contributed by atoms with Gasteiger partial charge in [-0.3, -0.25) is 0 Å². The summed E-state index contributed by atoms with van der Waals surface area (Å²) in [5, 5.41) is 9.71. The van der Waals surface area contributed by atoms with Crippen LogP contribution in [0.4, 0.5) is 0 Å². The molecule has 2 atom stereocenters. The molecule has 1 aliphatic rings. The minimum atomic E-state index is -3.60. The fourth-order valence-corrected chi connectivity index (χ4v) is 6.06. The Morgan fingerprint density at radius 3 is 2.52 bits per heavy atom. The molecule has 1 aliphatic heterocycles. The van der Waals surface area contributed by atoms with E-state index in [1.165, 1.54) is 39.9 Å². The van der Waals surface area contributed by atoms with Crippen LogP contribution in [0, 0.1) is 11.8 Å². The summed E-state index contributed by atoms with van der Waals surface area (Å²) in [5.41, 5.74) is 0.248. The predicted molar refractivity (Wildman–Crippen MR) is 115 cm³/mol. The van der Waals surface area contributed by atoms with Crippen molar-refractivity contribution < 1.29 is 22.4 Å². The Kier molecular flexibility index (Phi) is 6.22. The maximum atomic E-state index is 13.0. The van der Waals surface area contributed by atoms with E-state index in [0.717, 1.165) is 11.3 Å². The van der Waals surface area contributed by atoms with Crippen molar-refractivity contribution in [3.63, 3.8) is 0 Å². The molecule has 0 saturated carbocycles. The largest absolute Gasteiger partial charge is 0.452 e. The molecule has 8 nitrogen and oxygen atoms in total. The van der Waals surface area contributed by atoms with Gasteiger partial charge in [0, 0.05) is 13.1 Å². The van der Waals surface area contributed by atoms with Gasteiger partial charge >= 0.3 is 5.97 Å². The summed E-state index contributed by atoms with van der Waals surface area (Å²) in [6.45, 7) is 4.97. The Morgan fingerprint density at radius 1 is 1.16 bits per heavy atom. The molecule has 1 aromatic carbocycles. The topological polar surface area (TPSA) is 103 Å². The minimum absolute atomic E-state index is 0.166. The van der Waals surface area contributed by atoms with Crippen molar-refractivity contribution >= 4 is 27.3 Å². The SMILES string of the molecule is C[C@H]1C[C@H](C)CN(S(=O)(=O)c2ccc(C(=O)OCc3nnc(-c4cccs4)o3)cc2)C1. The van der Waals surface area contributed by atoms with E-state index in [9.17, 15) is 13.2 Å². The highest BCUT2D eigenvalue weighted by atomic mass is 32.2. The van der Waals surface area contributed by atoms with Gasteiger partial charge in [-0.1, -0.05) is 19.9 Å². The van der Waals surface area contributed by atoms with E-state index < -0.39 is 16.0 Å². The van der Waals surface area contributed by atoms with Crippen LogP contribution in [0.1, 0.15) is 36.5 Å². The number of sulfonamides is 1. The number of carbonyl (C=O) groups is 1. The lowest BCUT2D eigenvalue weighted by Crippen LogP contribution is -2.42. The fourth-order valence-electron chi connectivity index (χ4n) is 3.74. The zero-order valence-corrected chi connectivity index (χ0v) is 18.9. The molecule has 10 heteroatoms. The molecule has 4 rings (SSSR count). The number of hydrogen-bond acceptors (Lipinski definition) is 8. The van der Waals surface area contributed by atoms with Gasteiger partial charge in [0.1, 0.15) is 0 Å². The van der Waals surface area contributed by atoms with Gasteiger partial charge in [0.05, 0.1) is 15.3 Å². The van der Waals surface area contributed by atoms with Gasteiger partial charge in [0.2, 0.25) is 10.0 Å². The molecule has 3 heterocycles. The third kappa shape index (κ3) is 4.86. The highest BCUT2D eigenvalue weighted by Crippen LogP contribution is 2.27. The molecule has 0 amide bonds. The van der Waals surface area contributed by atoms with Crippen LogP contribution in [0.3, 0.4) is 0 Å². The lowest BCUT2D eigenvalue weighted by atomic mass is 9.94. The van der Waals surface area contributed by atoms with Crippen LogP contribution in [-0.4, -0.2) is 42.0 Å². The lowest BCUT2D eigenvalue weighted by Gasteiger charge is -2.34. The number of thiophene rings is 1. The van der Waals surface area contributed by atoms with Gasteiger partial charge in [0.25, 0.3) is 11.8 Å². The minimum Gasteiger partial charge on any atom is -0.452 e. The number of esters is 1. The molecule has 0 radical (unpaired) electrons. The standard InChI is InChI=1S/C21H23N3O5S2/c1-14-10-15(2)12-24(11-14)31(26,27)17-7-5-16(6-8-17)21(25)28-13-19-22-23-20(29-19)18-4-3-9-30-18/h3-9,14-15H,10-13H2,1-2H3/t14-,15-/m0/s1. The first kappa shape index (κ1) is 21.7. The molecule has 3 aromatic rings. The van der Waals surface area contributed by atoms with Crippen molar-refractivity contribution in [3.05, 3.63) is 53.2 Å². The van der Waals surface area contributed by atoms with Crippen LogP contribution in [0.15, 0.2) is 51.1 Å². The number of ether oxygens (including phenoxy) is 1. The number of benzene rings is 1. The van der Waals surface area contributed by atoms with Crippen molar-refractivity contribution in [3.8, 4) is 10.8 Å². The highest BCUT2D eigenvalue weighted by Gasteiger charge is 2.31. The molecule has 0 N–H and O–H groups in total. The molecule has 31 heavy (non-hydrogen) atoms. The smallest absolute Gasteiger partial charge is 0.338 e. The molecule has 1 saturated heterocycles. The molecule has 2 aromatic heterocycles. The second kappa shape index (κ2) is 8.89. The van der Waals surface area contributed by atoms with Crippen molar-refractivity contribution in [1.29, 1.82) is 0 Å². The van der Waals surface area contributed by atoms with Gasteiger partial charge in [-0.15, -0.1) is 21.5 Å². The molecule has 0 unspecified atom stereocenters. The van der Waals surface area contributed by atoms with Gasteiger partial charge in [-0.05, 0) is 54.0 Å². The molecule has 1 fully saturated rings. The molecule has 0 aliphatic carbocycles. The van der Waals surface area contributed by atoms with E-state index in [-0.39, 0.29) is 23.0 Å². The zero-order chi connectivity index (χ0) is 22.0. The van der Waals surface area contributed by atoms with Gasteiger partial charge in [-0.2, -0.15) is 4.31 Å². The first-order valence-electron chi connectivity index (χ1n) is 9.96. The molecule has 0 spiro atoms. The third-order valence-corrected chi connectivity index (χ3v) is 7.79. The Morgan fingerprint density at radius 2 is 1.87 bits per heavy atom. The third-order valence-electron chi connectivity index (χ3n) is 5.09. The van der Waals surface area contributed by atoms with E-state index in [4.69, 9.17) is 9.15 Å². The average molecular weight is 462 g/mol. The normalized spacial score (nSPS) is 19.9. The fraction of sp³-hybridized carbons (Fsp3) is 0.381. The second-order valence-corrected chi connectivity index (χ2v) is 10.7. The van der Waals surface area contributed by atoms with E-state index in [1.54, 1.807) is 0 Å². The summed E-state index contributed by atoms with van der Waals surface area (Å²) in [6.07, 6.45) is 1.02.